The summed E-state index contributed by atoms with van der Waals surface area (Å²) in [5.74, 6) is -0.582. The van der Waals surface area contributed by atoms with Crippen LogP contribution in [0.3, 0.4) is 0 Å². The first-order valence-electron chi connectivity index (χ1n) is 5.88. The van der Waals surface area contributed by atoms with Gasteiger partial charge < -0.3 is 19.9 Å². The molecule has 1 atom stereocenters. The molecule has 0 aliphatic rings. The summed E-state index contributed by atoms with van der Waals surface area (Å²) in [6.45, 7) is 7.00. The van der Waals surface area contributed by atoms with Gasteiger partial charge in [-0.25, -0.2) is 9.59 Å². The molecule has 0 heterocycles. The number of hydrogen-bond donors (Lipinski definition) is 2. The number of rotatable bonds is 8. The first-order chi connectivity index (χ1) is 8.47. The van der Waals surface area contributed by atoms with Crippen LogP contribution in [0.25, 0.3) is 0 Å². The van der Waals surface area contributed by atoms with Gasteiger partial charge in [0.05, 0.1) is 0 Å². The molecule has 0 fully saturated rings. The molecule has 1 amide bonds. The highest BCUT2D eigenvalue weighted by molar-refractivity contribution is 5.86. The maximum Gasteiger partial charge on any atom is 0.407 e. The third kappa shape index (κ3) is 8.58. The Balaban J connectivity index is 3.63. The van der Waals surface area contributed by atoms with Gasteiger partial charge >= 0.3 is 12.1 Å². The predicted octanol–water partition coefficient (Wildman–Crippen LogP) is 0.993. The highest BCUT2D eigenvalue weighted by Gasteiger charge is 2.11. The van der Waals surface area contributed by atoms with Crippen LogP contribution in [0, 0.1) is 0 Å². The normalized spacial score (nSPS) is 11.5. The fourth-order valence-electron chi connectivity index (χ4n) is 0.933. The van der Waals surface area contributed by atoms with Gasteiger partial charge in [-0.05, 0) is 13.3 Å². The smallest absolute Gasteiger partial charge is 0.407 e. The van der Waals surface area contributed by atoms with E-state index in [0.29, 0.717) is 6.54 Å². The minimum Gasteiger partial charge on any atom is -0.459 e. The molecule has 0 aromatic heterocycles. The monoisotopic (exact) mass is 259 g/mol. The fraction of sp³-hybridized carbons (Fsp3) is 0.667. The van der Waals surface area contributed by atoms with Crippen LogP contribution in [-0.4, -0.2) is 43.0 Å². The van der Waals surface area contributed by atoms with Gasteiger partial charge in [0.2, 0.25) is 0 Å². The second kappa shape index (κ2) is 9.47. The first-order valence-corrected chi connectivity index (χ1v) is 5.88. The van der Waals surface area contributed by atoms with E-state index in [4.69, 9.17) is 9.47 Å². The summed E-state index contributed by atoms with van der Waals surface area (Å²) in [6.07, 6.45) is 0.215. The number of hydrogen-bond acceptors (Lipinski definition) is 5. The van der Waals surface area contributed by atoms with Crippen LogP contribution in [0.15, 0.2) is 12.2 Å². The lowest BCUT2D eigenvalue weighted by molar-refractivity contribution is -0.142. The molecule has 0 spiro atoms. The van der Waals surface area contributed by atoms with E-state index in [9.17, 15) is 14.7 Å². The maximum absolute atomic E-state index is 11.1. The quantitative estimate of drug-likeness (QED) is 0.386. The van der Waals surface area contributed by atoms with Gasteiger partial charge in [0, 0.05) is 12.1 Å². The highest BCUT2D eigenvalue weighted by atomic mass is 16.6. The van der Waals surface area contributed by atoms with Crippen LogP contribution in [0.2, 0.25) is 0 Å². The van der Waals surface area contributed by atoms with Crippen LogP contribution >= 0.6 is 0 Å². The Hall–Kier alpha value is -1.56. The van der Waals surface area contributed by atoms with Crippen molar-refractivity contribution in [2.45, 2.75) is 32.8 Å². The van der Waals surface area contributed by atoms with E-state index in [2.05, 4.69) is 11.9 Å². The van der Waals surface area contributed by atoms with Crippen LogP contribution in [-0.2, 0) is 14.3 Å². The molecule has 0 saturated carbocycles. The minimum atomic E-state index is -1.04. The summed E-state index contributed by atoms with van der Waals surface area (Å²) in [7, 11) is 0. The number of esters is 1. The van der Waals surface area contributed by atoms with Gasteiger partial charge in [0.15, 0.2) is 0 Å². The number of alkyl carbamates (subject to hydrolysis) is 1. The summed E-state index contributed by atoms with van der Waals surface area (Å²) in [4.78, 5) is 22.1. The lowest BCUT2D eigenvalue weighted by atomic mass is 10.3. The van der Waals surface area contributed by atoms with Crippen molar-refractivity contribution in [3.8, 4) is 0 Å². The number of aliphatic hydroxyl groups is 1. The fourth-order valence-corrected chi connectivity index (χ4v) is 0.933. The van der Waals surface area contributed by atoms with Gasteiger partial charge in [-0.3, -0.25) is 0 Å². The standard InChI is InChI=1S/C12H21NO5/c1-4-5-6-13-12(16)18-8-10(14)7-17-11(15)9(2)3/h10,14H,2,4-8H2,1,3H3,(H,13,16). The summed E-state index contributed by atoms with van der Waals surface area (Å²) in [5, 5.41) is 11.9. The van der Waals surface area contributed by atoms with Crippen LogP contribution in [0.5, 0.6) is 0 Å². The zero-order valence-corrected chi connectivity index (χ0v) is 10.9. The Labute approximate surface area is 107 Å². The largest absolute Gasteiger partial charge is 0.459 e. The molecule has 6 nitrogen and oxygen atoms in total. The van der Waals surface area contributed by atoms with E-state index in [0.717, 1.165) is 12.8 Å². The number of aliphatic hydroxyl groups excluding tert-OH is 1. The average molecular weight is 259 g/mol. The summed E-state index contributed by atoms with van der Waals surface area (Å²) in [6, 6.07) is 0. The third-order valence-electron chi connectivity index (χ3n) is 1.96. The summed E-state index contributed by atoms with van der Waals surface area (Å²) in [5.41, 5.74) is 0.250. The first kappa shape index (κ1) is 16.4. The molecule has 104 valence electrons. The zero-order valence-electron chi connectivity index (χ0n) is 10.9. The van der Waals surface area contributed by atoms with Gasteiger partial charge in [0.1, 0.15) is 19.3 Å². The average Bonchev–Trinajstić information content (AvgIpc) is 2.33. The lowest BCUT2D eigenvalue weighted by Gasteiger charge is -2.12. The number of amides is 1. The molecule has 0 saturated heterocycles. The molecular weight excluding hydrogens is 238 g/mol. The van der Waals surface area contributed by atoms with E-state index in [1.807, 2.05) is 6.92 Å². The van der Waals surface area contributed by atoms with Crippen molar-refractivity contribution in [2.75, 3.05) is 19.8 Å². The second-order valence-corrected chi connectivity index (χ2v) is 3.91. The molecule has 0 bridgehead atoms. The van der Waals surface area contributed by atoms with Crippen molar-refractivity contribution in [2.24, 2.45) is 0 Å². The number of carbonyl (C=O) groups is 2. The molecule has 6 heteroatoms. The molecule has 0 aromatic carbocycles. The third-order valence-corrected chi connectivity index (χ3v) is 1.96. The van der Waals surface area contributed by atoms with Gasteiger partial charge in [-0.2, -0.15) is 0 Å². The van der Waals surface area contributed by atoms with E-state index >= 15 is 0 Å². The lowest BCUT2D eigenvalue weighted by Crippen LogP contribution is -2.31. The molecular formula is C12H21NO5. The molecule has 0 rings (SSSR count). The SMILES string of the molecule is C=C(C)C(=O)OCC(O)COC(=O)NCCCC. The Morgan fingerprint density at radius 3 is 2.50 bits per heavy atom. The van der Waals surface area contributed by atoms with E-state index in [1.54, 1.807) is 0 Å². The summed E-state index contributed by atoms with van der Waals surface area (Å²) >= 11 is 0. The van der Waals surface area contributed by atoms with Crippen molar-refractivity contribution in [3.63, 3.8) is 0 Å². The number of ether oxygens (including phenoxy) is 2. The highest BCUT2D eigenvalue weighted by Crippen LogP contribution is 1.95. The Morgan fingerprint density at radius 1 is 1.33 bits per heavy atom. The van der Waals surface area contributed by atoms with Crippen LogP contribution in [0.4, 0.5) is 4.79 Å². The van der Waals surface area contributed by atoms with E-state index < -0.39 is 18.2 Å². The van der Waals surface area contributed by atoms with Crippen molar-refractivity contribution in [3.05, 3.63) is 12.2 Å². The van der Waals surface area contributed by atoms with Crippen molar-refractivity contribution in [1.82, 2.24) is 5.32 Å². The Morgan fingerprint density at radius 2 is 1.94 bits per heavy atom. The topological polar surface area (TPSA) is 84.9 Å². The number of unbranched alkanes of at least 4 members (excludes halogenated alkanes) is 1. The number of nitrogens with one attached hydrogen (secondary N) is 1. The number of carbonyl (C=O) groups excluding carboxylic acids is 2. The molecule has 0 aliphatic heterocycles. The molecule has 18 heavy (non-hydrogen) atoms. The van der Waals surface area contributed by atoms with Crippen LogP contribution in [0.1, 0.15) is 26.7 Å². The molecule has 0 aromatic rings. The van der Waals surface area contributed by atoms with Crippen molar-refractivity contribution < 1.29 is 24.2 Å². The Bertz CT molecular complexity index is 290. The van der Waals surface area contributed by atoms with E-state index in [-0.39, 0.29) is 18.8 Å². The van der Waals surface area contributed by atoms with E-state index in [1.165, 1.54) is 6.92 Å². The van der Waals surface area contributed by atoms with Gasteiger partial charge in [0.25, 0.3) is 0 Å². The predicted molar refractivity (Wildman–Crippen MR) is 66.0 cm³/mol. The van der Waals surface area contributed by atoms with Crippen LogP contribution < -0.4 is 5.32 Å². The van der Waals surface area contributed by atoms with Gasteiger partial charge in [-0.15, -0.1) is 0 Å². The molecule has 0 radical (unpaired) electrons. The zero-order chi connectivity index (χ0) is 14.0. The summed E-state index contributed by atoms with van der Waals surface area (Å²) < 4.78 is 9.43. The van der Waals surface area contributed by atoms with Gasteiger partial charge in [-0.1, -0.05) is 19.9 Å². The van der Waals surface area contributed by atoms with Crippen molar-refractivity contribution >= 4 is 12.1 Å². The second-order valence-electron chi connectivity index (χ2n) is 3.91. The molecule has 1 unspecified atom stereocenters. The minimum absolute atomic E-state index is 0.221. The Kier molecular flexibility index (Phi) is 8.65. The molecule has 2 N–H and O–H groups in total. The molecule has 0 aliphatic carbocycles. The van der Waals surface area contributed by atoms with Crippen molar-refractivity contribution in [1.29, 1.82) is 0 Å². The maximum atomic E-state index is 11.1.